The van der Waals surface area contributed by atoms with Gasteiger partial charge < -0.3 is 4.42 Å². The predicted molar refractivity (Wildman–Crippen MR) is 211 cm³/mol. The molecule has 3 nitrogen and oxygen atoms in total. The molecule has 3 aromatic heterocycles. The van der Waals surface area contributed by atoms with Crippen molar-refractivity contribution in [2.24, 2.45) is 0 Å². The fraction of sp³-hybridized carbons (Fsp3) is 0. The second-order valence-corrected chi connectivity index (χ2v) is 13.9. The number of hydrogen-bond donors (Lipinski definition) is 0. The van der Waals surface area contributed by atoms with Crippen LogP contribution in [0.15, 0.2) is 162 Å². The SMILES string of the molecule is c1ccc(-c2nc(-c3cccc4oc5ccc(-c6ccc7c8ccccc8c8ccccc8c7c6)cc5c34)nc3c2sc2ccccc23)cc1. The van der Waals surface area contributed by atoms with Crippen molar-refractivity contribution in [2.45, 2.75) is 0 Å². The fourth-order valence-corrected chi connectivity index (χ4v) is 8.94. The van der Waals surface area contributed by atoms with Gasteiger partial charge in [-0.15, -0.1) is 11.3 Å². The molecule has 0 amide bonds. The van der Waals surface area contributed by atoms with E-state index in [1.54, 1.807) is 11.3 Å². The molecule has 3 heterocycles. The lowest BCUT2D eigenvalue weighted by atomic mass is 9.92. The highest BCUT2D eigenvalue weighted by Crippen LogP contribution is 2.43. The lowest BCUT2D eigenvalue weighted by molar-refractivity contribution is 0.669. The van der Waals surface area contributed by atoms with Crippen molar-refractivity contribution in [3.8, 4) is 33.8 Å². The minimum Gasteiger partial charge on any atom is -0.456 e. The summed E-state index contributed by atoms with van der Waals surface area (Å²) in [5, 5.41) is 10.9. The molecule has 0 spiro atoms. The number of aromatic nitrogens is 2. The van der Waals surface area contributed by atoms with Crippen LogP contribution in [0.4, 0.5) is 0 Å². The quantitative estimate of drug-likeness (QED) is 0.178. The van der Waals surface area contributed by atoms with E-state index in [-0.39, 0.29) is 0 Å². The molecule has 0 N–H and O–H groups in total. The molecular weight excluding hydrogens is 629 g/mol. The van der Waals surface area contributed by atoms with Crippen LogP contribution in [0.1, 0.15) is 0 Å². The number of furan rings is 1. The lowest BCUT2D eigenvalue weighted by Crippen LogP contribution is -1.94. The minimum absolute atomic E-state index is 0.697. The number of benzene rings is 8. The van der Waals surface area contributed by atoms with E-state index in [0.29, 0.717) is 5.82 Å². The van der Waals surface area contributed by atoms with Crippen LogP contribution in [0.5, 0.6) is 0 Å². The van der Waals surface area contributed by atoms with Crippen LogP contribution in [-0.2, 0) is 0 Å². The molecule has 0 radical (unpaired) electrons. The van der Waals surface area contributed by atoms with Gasteiger partial charge in [-0.3, -0.25) is 0 Å². The highest BCUT2D eigenvalue weighted by atomic mass is 32.1. The van der Waals surface area contributed by atoms with Crippen molar-refractivity contribution in [2.75, 3.05) is 0 Å². The molecule has 0 aliphatic rings. The first-order valence-electron chi connectivity index (χ1n) is 16.8. The van der Waals surface area contributed by atoms with E-state index in [0.717, 1.165) is 59.9 Å². The van der Waals surface area contributed by atoms with Crippen molar-refractivity contribution in [3.05, 3.63) is 158 Å². The van der Waals surface area contributed by atoms with E-state index < -0.39 is 0 Å². The summed E-state index contributed by atoms with van der Waals surface area (Å²) in [6.07, 6.45) is 0. The Morgan fingerprint density at radius 1 is 0.420 bits per heavy atom. The van der Waals surface area contributed by atoms with E-state index in [9.17, 15) is 0 Å². The van der Waals surface area contributed by atoms with Gasteiger partial charge in [0.15, 0.2) is 5.82 Å². The summed E-state index contributed by atoms with van der Waals surface area (Å²) in [5.41, 5.74) is 7.95. The molecule has 0 bridgehead atoms. The van der Waals surface area contributed by atoms with E-state index in [1.165, 1.54) is 42.6 Å². The van der Waals surface area contributed by atoms with Gasteiger partial charge in [-0.05, 0) is 73.8 Å². The maximum atomic E-state index is 6.49. The molecule has 50 heavy (non-hydrogen) atoms. The first-order valence-corrected chi connectivity index (χ1v) is 17.6. The summed E-state index contributed by atoms with van der Waals surface area (Å²) >= 11 is 1.75. The van der Waals surface area contributed by atoms with Crippen molar-refractivity contribution < 1.29 is 4.42 Å². The molecule has 4 heteroatoms. The van der Waals surface area contributed by atoms with Crippen LogP contribution >= 0.6 is 11.3 Å². The van der Waals surface area contributed by atoms with E-state index in [2.05, 4.69) is 140 Å². The van der Waals surface area contributed by atoms with Crippen LogP contribution in [0.25, 0.3) is 108 Å². The maximum absolute atomic E-state index is 6.49. The summed E-state index contributed by atoms with van der Waals surface area (Å²) in [6.45, 7) is 0. The van der Waals surface area contributed by atoms with Crippen molar-refractivity contribution in [1.82, 2.24) is 9.97 Å². The Kier molecular flexibility index (Phi) is 5.83. The van der Waals surface area contributed by atoms with Gasteiger partial charge in [0.25, 0.3) is 0 Å². The zero-order chi connectivity index (χ0) is 32.8. The van der Waals surface area contributed by atoms with Crippen LogP contribution in [0, 0.1) is 0 Å². The topological polar surface area (TPSA) is 38.9 Å². The molecular formula is C46H26N2OS. The lowest BCUT2D eigenvalue weighted by Gasteiger charge is -2.12. The van der Waals surface area contributed by atoms with Crippen LogP contribution < -0.4 is 0 Å². The molecule has 8 aromatic carbocycles. The predicted octanol–water partition coefficient (Wildman–Crippen LogP) is 13.2. The fourth-order valence-electron chi connectivity index (χ4n) is 7.78. The van der Waals surface area contributed by atoms with Gasteiger partial charge in [0, 0.05) is 32.0 Å². The summed E-state index contributed by atoms with van der Waals surface area (Å²) < 4.78 is 8.79. The third-order valence-corrected chi connectivity index (χ3v) is 11.2. The molecule has 0 aliphatic carbocycles. The molecule has 0 saturated carbocycles. The highest BCUT2D eigenvalue weighted by Gasteiger charge is 2.20. The summed E-state index contributed by atoms with van der Waals surface area (Å²) in [6, 6.07) is 56.0. The highest BCUT2D eigenvalue weighted by molar-refractivity contribution is 7.26. The monoisotopic (exact) mass is 654 g/mol. The van der Waals surface area contributed by atoms with Crippen molar-refractivity contribution in [3.63, 3.8) is 0 Å². The van der Waals surface area contributed by atoms with Gasteiger partial charge in [-0.1, -0.05) is 127 Å². The number of thiophene rings is 1. The summed E-state index contributed by atoms with van der Waals surface area (Å²) in [5.74, 6) is 0.697. The summed E-state index contributed by atoms with van der Waals surface area (Å²) in [7, 11) is 0. The largest absolute Gasteiger partial charge is 0.456 e. The number of rotatable bonds is 3. The average molecular weight is 655 g/mol. The van der Waals surface area contributed by atoms with E-state index in [1.807, 2.05) is 18.2 Å². The molecule has 232 valence electrons. The zero-order valence-corrected chi connectivity index (χ0v) is 27.5. The minimum atomic E-state index is 0.697. The first-order chi connectivity index (χ1) is 24.8. The standard InChI is InChI=1S/C46H26N2OS/c1-2-11-27(12-3-1)43-45-44(35-17-8-9-20-41(35)50-45)48-46(47-43)36-18-10-19-40-42(36)38-26-29(22-24-39(38)49-40)28-21-23-34-32-15-5-4-13-30(32)31-14-6-7-16-33(31)37(34)25-28/h1-26H. The molecule has 0 atom stereocenters. The Balaban J connectivity index is 1.15. The Bertz CT molecular complexity index is 3120. The molecule has 0 saturated heterocycles. The Morgan fingerprint density at radius 3 is 1.80 bits per heavy atom. The van der Waals surface area contributed by atoms with Gasteiger partial charge in [0.2, 0.25) is 0 Å². The Hall–Kier alpha value is -6.36. The third-order valence-electron chi connectivity index (χ3n) is 10.1. The second kappa shape index (κ2) is 10.6. The Morgan fingerprint density at radius 2 is 1.04 bits per heavy atom. The number of hydrogen-bond acceptors (Lipinski definition) is 4. The molecule has 0 fully saturated rings. The van der Waals surface area contributed by atoms with Gasteiger partial charge in [-0.2, -0.15) is 0 Å². The smallest absolute Gasteiger partial charge is 0.161 e. The number of nitrogens with zero attached hydrogens (tertiary/aromatic N) is 2. The van der Waals surface area contributed by atoms with Crippen LogP contribution in [0.2, 0.25) is 0 Å². The average Bonchev–Trinajstić information content (AvgIpc) is 3.76. The summed E-state index contributed by atoms with van der Waals surface area (Å²) in [4.78, 5) is 10.6. The van der Waals surface area contributed by atoms with E-state index >= 15 is 0 Å². The van der Waals surface area contributed by atoms with Crippen LogP contribution in [-0.4, -0.2) is 9.97 Å². The normalized spacial score (nSPS) is 12.0. The number of fused-ring (bicyclic) bond motifs is 12. The van der Waals surface area contributed by atoms with Gasteiger partial charge in [-0.25, -0.2) is 9.97 Å². The molecule has 11 rings (SSSR count). The Labute approximate surface area is 290 Å². The zero-order valence-electron chi connectivity index (χ0n) is 26.7. The van der Waals surface area contributed by atoms with Crippen LogP contribution in [0.3, 0.4) is 0 Å². The first kappa shape index (κ1) is 27.6. The molecule has 11 aromatic rings. The van der Waals surface area contributed by atoms with Crippen molar-refractivity contribution >= 4 is 85.9 Å². The van der Waals surface area contributed by atoms with Gasteiger partial charge >= 0.3 is 0 Å². The van der Waals surface area contributed by atoms with Gasteiger partial charge in [0.05, 0.1) is 15.9 Å². The molecule has 0 aliphatic heterocycles. The second-order valence-electron chi connectivity index (χ2n) is 12.9. The maximum Gasteiger partial charge on any atom is 0.161 e. The molecule has 0 unspecified atom stereocenters. The van der Waals surface area contributed by atoms with E-state index in [4.69, 9.17) is 14.4 Å². The van der Waals surface area contributed by atoms with Gasteiger partial charge in [0.1, 0.15) is 11.2 Å². The van der Waals surface area contributed by atoms with Crippen molar-refractivity contribution in [1.29, 1.82) is 0 Å². The third kappa shape index (κ3) is 4.03.